The molecule has 0 spiro atoms. The summed E-state index contributed by atoms with van der Waals surface area (Å²) in [7, 11) is 0. The van der Waals surface area contributed by atoms with E-state index in [1.807, 2.05) is 25.5 Å². The average molecular weight is 399 g/mol. The minimum absolute atomic E-state index is 0. The summed E-state index contributed by atoms with van der Waals surface area (Å²) in [5, 5.41) is 4.57. The van der Waals surface area contributed by atoms with E-state index in [-0.39, 0.29) is 24.8 Å². The van der Waals surface area contributed by atoms with Crippen molar-refractivity contribution < 1.29 is 29.6 Å². The van der Waals surface area contributed by atoms with Crippen LogP contribution in [0.1, 0.15) is 18.9 Å². The number of nitrogens with zero attached hydrogens (tertiary/aromatic N) is 2. The van der Waals surface area contributed by atoms with Gasteiger partial charge in [0.05, 0.1) is 18.0 Å². The fraction of sp³-hybridized carbons (Fsp3) is 0.400. The van der Waals surface area contributed by atoms with E-state index in [0.29, 0.717) is 28.9 Å². The van der Waals surface area contributed by atoms with Gasteiger partial charge in [-0.15, -0.1) is 0 Å². The highest BCUT2D eigenvalue weighted by molar-refractivity contribution is 6.35. The van der Waals surface area contributed by atoms with Crippen molar-refractivity contribution >= 4 is 23.2 Å². The molecule has 0 fully saturated rings. The van der Waals surface area contributed by atoms with Gasteiger partial charge in [-0.05, 0) is 32.0 Å². The van der Waals surface area contributed by atoms with Gasteiger partial charge in [0.1, 0.15) is 5.75 Å². The van der Waals surface area contributed by atoms with E-state index in [4.69, 9.17) is 27.9 Å². The summed E-state index contributed by atoms with van der Waals surface area (Å²) >= 11 is 12.2. The molecule has 0 bridgehead atoms. The minimum Gasteiger partial charge on any atom is -1.00 e. The van der Waals surface area contributed by atoms with Crippen LogP contribution >= 0.6 is 23.2 Å². The second kappa shape index (κ2) is 11.8. The smallest absolute Gasteiger partial charge is 0.142 e. The summed E-state index contributed by atoms with van der Waals surface area (Å²) in [6.07, 6.45) is 6.60. The Hall–Kier alpha value is -0.650. The number of aromatic nitrogens is 2. The average Bonchev–Trinajstić information content (AvgIpc) is 2.95. The summed E-state index contributed by atoms with van der Waals surface area (Å²) in [5.74, 6) is 0.714. The number of halogens is 4. The predicted molar refractivity (Wildman–Crippen MR) is 86.2 cm³/mol. The molecule has 0 saturated heterocycles. The maximum Gasteiger partial charge on any atom is 0.142 e. The zero-order chi connectivity index (χ0) is 15.1. The van der Waals surface area contributed by atoms with Crippen LogP contribution in [-0.2, 0) is 13.1 Å². The van der Waals surface area contributed by atoms with Crippen LogP contribution in [0.3, 0.4) is 0 Å². The molecule has 8 heteroatoms. The lowest BCUT2D eigenvalue weighted by molar-refractivity contribution is -0.001000. The molecule has 0 unspecified atom stereocenters. The van der Waals surface area contributed by atoms with Crippen LogP contribution < -0.4 is 34.9 Å². The highest BCUT2D eigenvalue weighted by Crippen LogP contribution is 2.32. The van der Waals surface area contributed by atoms with Gasteiger partial charge in [0, 0.05) is 36.1 Å². The van der Waals surface area contributed by atoms with Crippen molar-refractivity contribution in [3.63, 3.8) is 0 Å². The second-order valence-electron chi connectivity index (χ2n) is 4.64. The Morgan fingerprint density at radius 2 is 2.04 bits per heavy atom. The molecule has 0 aliphatic rings. The van der Waals surface area contributed by atoms with Crippen molar-refractivity contribution in [1.82, 2.24) is 14.9 Å². The van der Waals surface area contributed by atoms with Gasteiger partial charge in [0.25, 0.3) is 0 Å². The third-order valence-electron chi connectivity index (χ3n) is 3.02. The van der Waals surface area contributed by atoms with Crippen LogP contribution in [-0.4, -0.2) is 22.7 Å². The molecule has 2 rings (SSSR count). The Balaban J connectivity index is 0.00000242. The number of benzene rings is 1. The summed E-state index contributed by atoms with van der Waals surface area (Å²) < 4.78 is 7.65. The maximum absolute atomic E-state index is 6.17. The quantitative estimate of drug-likeness (QED) is 0.512. The fourth-order valence-electron chi connectivity index (χ4n) is 2.08. The summed E-state index contributed by atoms with van der Waals surface area (Å²) in [6.45, 7) is 5.04. The zero-order valence-electron chi connectivity index (χ0n) is 12.7. The number of aryl methyl sites for hydroxylation is 1. The Morgan fingerprint density at radius 1 is 1.26 bits per heavy atom. The highest BCUT2D eigenvalue weighted by atomic mass is 35.5. The van der Waals surface area contributed by atoms with Gasteiger partial charge < -0.3 is 39.4 Å². The van der Waals surface area contributed by atoms with Gasteiger partial charge in [0.15, 0.2) is 0 Å². The van der Waals surface area contributed by atoms with Gasteiger partial charge in [-0.1, -0.05) is 23.2 Å². The van der Waals surface area contributed by atoms with Crippen LogP contribution in [0.15, 0.2) is 30.9 Å². The van der Waals surface area contributed by atoms with E-state index in [1.165, 1.54) is 0 Å². The van der Waals surface area contributed by atoms with E-state index in [9.17, 15) is 0 Å². The lowest BCUT2D eigenvalue weighted by atomic mass is 10.2. The van der Waals surface area contributed by atoms with Gasteiger partial charge >= 0.3 is 0 Å². The number of ether oxygens (including phenoxy) is 1. The molecule has 130 valence electrons. The number of hydrogen-bond donors (Lipinski definition) is 1. The van der Waals surface area contributed by atoms with Crippen molar-refractivity contribution in [2.75, 3.05) is 13.2 Å². The molecule has 0 aliphatic heterocycles. The first-order valence-corrected chi connectivity index (χ1v) is 7.73. The first kappa shape index (κ1) is 22.4. The summed E-state index contributed by atoms with van der Waals surface area (Å²) in [6, 6.07) is 3.60. The monoisotopic (exact) mass is 397 g/mol. The molecular weight excluding hydrogens is 380 g/mol. The van der Waals surface area contributed by atoms with Gasteiger partial charge in [-0.3, -0.25) is 0 Å². The third-order valence-corrected chi connectivity index (χ3v) is 3.52. The molecule has 1 N–H and O–H groups in total. The van der Waals surface area contributed by atoms with Crippen molar-refractivity contribution in [2.45, 2.75) is 26.4 Å². The molecule has 0 saturated carbocycles. The fourth-order valence-corrected chi connectivity index (χ4v) is 2.67. The number of nitrogens with one attached hydrogen (secondary N) is 1. The molecular formula is C15H19Cl4N3O-2. The van der Waals surface area contributed by atoms with Crippen LogP contribution in [0.4, 0.5) is 0 Å². The minimum atomic E-state index is 0. The molecule has 0 amide bonds. The molecule has 0 radical (unpaired) electrons. The molecule has 1 aromatic carbocycles. The summed E-state index contributed by atoms with van der Waals surface area (Å²) in [5.41, 5.74) is 0.983. The largest absolute Gasteiger partial charge is 1.00 e. The Bertz CT molecular complexity index is 564. The molecule has 23 heavy (non-hydrogen) atoms. The maximum atomic E-state index is 6.17. The zero-order valence-corrected chi connectivity index (χ0v) is 15.8. The lowest BCUT2D eigenvalue weighted by Crippen LogP contribution is -3.00. The van der Waals surface area contributed by atoms with E-state index < -0.39 is 0 Å². The van der Waals surface area contributed by atoms with Crippen LogP contribution in [0.2, 0.25) is 10.0 Å². The van der Waals surface area contributed by atoms with Gasteiger partial charge in [-0.2, -0.15) is 0 Å². The summed E-state index contributed by atoms with van der Waals surface area (Å²) in [4.78, 5) is 4.02. The first-order valence-electron chi connectivity index (χ1n) is 6.98. The number of hydrogen-bond acceptors (Lipinski definition) is 3. The SMILES string of the molecule is CCOc1c(Cl)cc(Cl)cc1CNCCCn1ccnc1.[Cl-].[Cl-]. The third kappa shape index (κ3) is 7.19. The van der Waals surface area contributed by atoms with Crippen LogP contribution in [0.25, 0.3) is 0 Å². The molecule has 4 nitrogen and oxygen atoms in total. The standard InChI is InChI=1S/C15H19Cl2N3O.2ClH/c1-2-21-15-12(8-13(16)9-14(15)17)10-18-4-3-6-20-7-5-19-11-20;;/h5,7-9,11,18H,2-4,6,10H2,1H3;2*1H/p-2. The predicted octanol–water partition coefficient (Wildman–Crippen LogP) is -2.22. The number of rotatable bonds is 8. The first-order chi connectivity index (χ1) is 10.2. The number of imidazole rings is 1. The van der Waals surface area contributed by atoms with Crippen molar-refractivity contribution in [3.8, 4) is 5.75 Å². The Kier molecular flexibility index (Phi) is 11.5. The topological polar surface area (TPSA) is 39.1 Å². The van der Waals surface area contributed by atoms with Gasteiger partial charge in [-0.25, -0.2) is 4.98 Å². The van der Waals surface area contributed by atoms with Crippen LogP contribution in [0, 0.1) is 0 Å². The molecule has 1 aromatic heterocycles. The second-order valence-corrected chi connectivity index (χ2v) is 5.48. The van der Waals surface area contributed by atoms with Gasteiger partial charge in [0.2, 0.25) is 0 Å². The molecule has 0 aliphatic carbocycles. The molecule has 2 aromatic rings. The lowest BCUT2D eigenvalue weighted by Gasteiger charge is -2.13. The molecule has 1 heterocycles. The highest BCUT2D eigenvalue weighted by Gasteiger charge is 2.10. The molecule has 0 atom stereocenters. The van der Waals surface area contributed by atoms with Crippen molar-refractivity contribution in [2.24, 2.45) is 0 Å². The Morgan fingerprint density at radius 3 is 2.70 bits per heavy atom. The van der Waals surface area contributed by atoms with E-state index >= 15 is 0 Å². The van der Waals surface area contributed by atoms with Crippen LogP contribution in [0.5, 0.6) is 5.75 Å². The van der Waals surface area contributed by atoms with Crippen molar-refractivity contribution in [1.29, 1.82) is 0 Å². The van der Waals surface area contributed by atoms with E-state index in [1.54, 1.807) is 12.3 Å². The van der Waals surface area contributed by atoms with E-state index in [2.05, 4.69) is 14.9 Å². The normalized spacial score (nSPS) is 9.87. The Labute approximate surface area is 159 Å². The van der Waals surface area contributed by atoms with Crippen molar-refractivity contribution in [3.05, 3.63) is 46.5 Å². The van der Waals surface area contributed by atoms with E-state index in [0.717, 1.165) is 25.1 Å².